The van der Waals surface area contributed by atoms with Gasteiger partial charge in [0.1, 0.15) is 11.9 Å². The van der Waals surface area contributed by atoms with Gasteiger partial charge in [-0.1, -0.05) is 23.7 Å². The van der Waals surface area contributed by atoms with E-state index in [2.05, 4.69) is 10.6 Å². The van der Waals surface area contributed by atoms with Gasteiger partial charge in [-0.25, -0.2) is 4.39 Å². The van der Waals surface area contributed by atoms with Crippen molar-refractivity contribution in [3.05, 3.63) is 34.6 Å². The van der Waals surface area contributed by atoms with Crippen LogP contribution in [0, 0.1) is 5.82 Å². The summed E-state index contributed by atoms with van der Waals surface area (Å²) in [6.07, 6.45) is -0.677. The van der Waals surface area contributed by atoms with Crippen molar-refractivity contribution in [3.8, 4) is 0 Å². The molecule has 1 aliphatic heterocycles. The first-order valence-electron chi connectivity index (χ1n) is 7.07. The number of rotatable bonds is 4. The molecule has 1 fully saturated rings. The van der Waals surface area contributed by atoms with Crippen molar-refractivity contribution in [1.29, 1.82) is 0 Å². The first-order chi connectivity index (χ1) is 10.3. The first-order valence-corrected chi connectivity index (χ1v) is 7.45. The highest BCUT2D eigenvalue weighted by molar-refractivity contribution is 6.30. The average Bonchev–Trinajstić information content (AvgIpc) is 2.49. The van der Waals surface area contributed by atoms with Crippen LogP contribution in [0.1, 0.15) is 19.4 Å². The van der Waals surface area contributed by atoms with Crippen LogP contribution in [0.5, 0.6) is 0 Å². The summed E-state index contributed by atoms with van der Waals surface area (Å²) in [5.41, 5.74) is -0.617. The lowest BCUT2D eigenvalue weighted by Gasteiger charge is -2.33. The Labute approximate surface area is 133 Å². The zero-order valence-corrected chi connectivity index (χ0v) is 13.3. The second-order valence-corrected chi connectivity index (χ2v) is 6.23. The number of hydrogen-bond donors (Lipinski definition) is 3. The lowest BCUT2D eigenvalue weighted by atomic mass is 9.93. The second-order valence-electron chi connectivity index (χ2n) is 5.83. The first kappa shape index (κ1) is 17.1. The zero-order valence-electron chi connectivity index (χ0n) is 12.5. The van der Waals surface area contributed by atoms with Crippen LogP contribution in [-0.4, -0.2) is 42.9 Å². The van der Waals surface area contributed by atoms with Gasteiger partial charge in [0.2, 0.25) is 0 Å². The van der Waals surface area contributed by atoms with Crippen molar-refractivity contribution in [3.63, 3.8) is 0 Å². The van der Waals surface area contributed by atoms with Gasteiger partial charge in [0.05, 0.1) is 29.8 Å². The summed E-state index contributed by atoms with van der Waals surface area (Å²) in [5, 5.41) is 14.8. The Morgan fingerprint density at radius 2 is 2.32 bits per heavy atom. The van der Waals surface area contributed by atoms with Gasteiger partial charge in [-0.3, -0.25) is 4.79 Å². The molecule has 122 valence electrons. The smallest absolute Gasteiger partial charge is 0.251 e. The molecular formula is C15H20ClFN2O3. The summed E-state index contributed by atoms with van der Waals surface area (Å²) in [4.78, 5) is 12.3. The Hall–Kier alpha value is -1.21. The Kier molecular flexibility index (Phi) is 5.39. The summed E-state index contributed by atoms with van der Waals surface area (Å²) < 4.78 is 19.6. The number of morpholine rings is 1. The van der Waals surface area contributed by atoms with Gasteiger partial charge in [0.15, 0.2) is 0 Å². The lowest BCUT2D eigenvalue weighted by Crippen LogP contribution is -2.56. The molecule has 1 aliphatic rings. The summed E-state index contributed by atoms with van der Waals surface area (Å²) in [6.45, 7) is 3.90. The minimum Gasteiger partial charge on any atom is -0.395 e. The number of carbonyl (C=O) groups excluding carboxylic acids is 1. The molecule has 5 nitrogen and oxygen atoms in total. The Balaban J connectivity index is 2.05. The summed E-state index contributed by atoms with van der Waals surface area (Å²) in [6, 6.07) is 4.52. The van der Waals surface area contributed by atoms with Crippen LogP contribution in [0.3, 0.4) is 0 Å². The molecule has 1 aromatic carbocycles. The van der Waals surface area contributed by atoms with E-state index < -0.39 is 17.5 Å². The Morgan fingerprint density at radius 1 is 1.59 bits per heavy atom. The highest BCUT2D eigenvalue weighted by Gasteiger charge is 2.32. The van der Waals surface area contributed by atoms with Gasteiger partial charge in [-0.2, -0.15) is 0 Å². The third-order valence-electron chi connectivity index (χ3n) is 3.66. The van der Waals surface area contributed by atoms with Crippen molar-refractivity contribution in [2.24, 2.45) is 0 Å². The van der Waals surface area contributed by atoms with E-state index in [0.717, 1.165) is 0 Å². The maximum atomic E-state index is 14.1. The summed E-state index contributed by atoms with van der Waals surface area (Å²) in [5.74, 6) is -0.884. The highest BCUT2D eigenvalue weighted by atomic mass is 35.5. The maximum Gasteiger partial charge on any atom is 0.251 e. The quantitative estimate of drug-likeness (QED) is 0.775. The SMILES string of the molecule is CC(C)(NC(=O)[C@@H]1CN[C@H](CO)CO1)c1cccc(Cl)c1F. The number of nitrogens with one attached hydrogen (secondary N) is 2. The van der Waals surface area contributed by atoms with E-state index >= 15 is 0 Å². The molecule has 3 N–H and O–H groups in total. The zero-order chi connectivity index (χ0) is 16.3. The molecule has 1 heterocycles. The molecule has 0 radical (unpaired) electrons. The lowest BCUT2D eigenvalue weighted by molar-refractivity contribution is -0.137. The van der Waals surface area contributed by atoms with E-state index in [1.54, 1.807) is 26.0 Å². The van der Waals surface area contributed by atoms with E-state index in [-0.39, 0.29) is 30.2 Å². The molecular weight excluding hydrogens is 311 g/mol. The molecule has 1 saturated heterocycles. The van der Waals surface area contributed by atoms with Crippen LogP contribution >= 0.6 is 11.6 Å². The van der Waals surface area contributed by atoms with Crippen LogP contribution < -0.4 is 10.6 Å². The third-order valence-corrected chi connectivity index (χ3v) is 3.96. The molecule has 2 rings (SSSR count). The predicted octanol–water partition coefficient (Wildman–Crippen LogP) is 1.18. The fourth-order valence-electron chi connectivity index (χ4n) is 2.35. The summed E-state index contributed by atoms with van der Waals surface area (Å²) in [7, 11) is 0. The largest absolute Gasteiger partial charge is 0.395 e. The van der Waals surface area contributed by atoms with E-state index in [4.69, 9.17) is 21.4 Å². The van der Waals surface area contributed by atoms with Crippen LogP contribution in [-0.2, 0) is 15.1 Å². The van der Waals surface area contributed by atoms with Gasteiger partial charge in [0, 0.05) is 12.1 Å². The standard InChI is InChI=1S/C15H20ClFN2O3/c1-15(2,10-4-3-5-11(16)13(10)17)19-14(21)12-6-18-9(7-20)8-22-12/h3-5,9,12,18,20H,6-8H2,1-2H3,(H,19,21)/t9-,12+/m1/s1. The minimum absolute atomic E-state index is 0.0150. The van der Waals surface area contributed by atoms with Gasteiger partial charge < -0.3 is 20.5 Å². The van der Waals surface area contributed by atoms with Crippen molar-refractivity contribution < 1.29 is 19.0 Å². The molecule has 1 amide bonds. The van der Waals surface area contributed by atoms with Gasteiger partial charge in [-0.15, -0.1) is 0 Å². The number of carbonyl (C=O) groups is 1. The monoisotopic (exact) mass is 330 g/mol. The van der Waals surface area contributed by atoms with Crippen LogP contribution in [0.2, 0.25) is 5.02 Å². The molecule has 7 heteroatoms. The normalized spacial score (nSPS) is 22.4. The number of benzene rings is 1. The van der Waals surface area contributed by atoms with Gasteiger partial charge in [0.25, 0.3) is 5.91 Å². The third kappa shape index (κ3) is 3.76. The topological polar surface area (TPSA) is 70.6 Å². The summed E-state index contributed by atoms with van der Waals surface area (Å²) >= 11 is 5.79. The molecule has 0 spiro atoms. The molecule has 2 atom stereocenters. The fraction of sp³-hybridized carbons (Fsp3) is 0.533. The van der Waals surface area contributed by atoms with Gasteiger partial charge in [-0.05, 0) is 19.9 Å². The number of amides is 1. The van der Waals surface area contributed by atoms with Gasteiger partial charge >= 0.3 is 0 Å². The number of hydrogen-bond acceptors (Lipinski definition) is 4. The molecule has 1 aromatic rings. The molecule has 0 aliphatic carbocycles. The van der Waals surface area contributed by atoms with Crippen LogP contribution in [0.4, 0.5) is 4.39 Å². The van der Waals surface area contributed by atoms with Crippen LogP contribution in [0.25, 0.3) is 0 Å². The predicted molar refractivity (Wildman–Crippen MR) is 81.2 cm³/mol. The Morgan fingerprint density at radius 3 is 2.91 bits per heavy atom. The van der Waals surface area contributed by atoms with E-state index in [1.165, 1.54) is 6.07 Å². The number of aliphatic hydroxyl groups is 1. The van der Waals surface area contributed by atoms with E-state index in [1.807, 2.05) is 0 Å². The second kappa shape index (κ2) is 6.91. The van der Waals surface area contributed by atoms with E-state index in [9.17, 15) is 9.18 Å². The minimum atomic E-state index is -0.927. The molecule has 0 unspecified atom stereocenters. The highest BCUT2D eigenvalue weighted by Crippen LogP contribution is 2.27. The number of ether oxygens (including phenoxy) is 1. The van der Waals surface area contributed by atoms with Crippen molar-refractivity contribution >= 4 is 17.5 Å². The Bertz CT molecular complexity index is 546. The average molecular weight is 331 g/mol. The van der Waals surface area contributed by atoms with Crippen molar-refractivity contribution in [1.82, 2.24) is 10.6 Å². The van der Waals surface area contributed by atoms with Crippen LogP contribution in [0.15, 0.2) is 18.2 Å². The van der Waals surface area contributed by atoms with Crippen molar-refractivity contribution in [2.75, 3.05) is 19.8 Å². The maximum absolute atomic E-state index is 14.1. The molecule has 0 bridgehead atoms. The van der Waals surface area contributed by atoms with E-state index in [0.29, 0.717) is 12.1 Å². The molecule has 0 saturated carbocycles. The fourth-order valence-corrected chi connectivity index (χ4v) is 2.53. The molecule has 0 aromatic heterocycles. The number of halogens is 2. The number of aliphatic hydroxyl groups excluding tert-OH is 1. The molecule has 22 heavy (non-hydrogen) atoms. The van der Waals surface area contributed by atoms with Crippen molar-refractivity contribution in [2.45, 2.75) is 31.5 Å².